The van der Waals surface area contributed by atoms with Crippen LogP contribution >= 0.6 is 0 Å². The van der Waals surface area contributed by atoms with Gasteiger partial charge in [0, 0.05) is 6.20 Å². The van der Waals surface area contributed by atoms with Gasteiger partial charge in [0.25, 0.3) is 5.91 Å². The lowest BCUT2D eigenvalue weighted by atomic mass is 9.75. The molecular weight excluding hydrogens is 270 g/mol. The lowest BCUT2D eigenvalue weighted by Crippen LogP contribution is -2.49. The molecule has 1 aromatic rings. The smallest absolute Gasteiger partial charge is 0.329 e. The fourth-order valence-electron chi connectivity index (χ4n) is 2.90. The number of hydrogen-bond donors (Lipinski definition) is 3. The minimum atomic E-state index is -1.07. The summed E-state index contributed by atoms with van der Waals surface area (Å²) in [6, 6.07) is 3.15. The number of carboxylic acids is 1. The van der Waals surface area contributed by atoms with Crippen molar-refractivity contribution in [2.75, 3.05) is 5.32 Å². The molecule has 0 spiro atoms. The molecule has 0 aromatic carbocycles. The predicted molar refractivity (Wildman–Crippen MR) is 79.0 cm³/mol. The van der Waals surface area contributed by atoms with Crippen molar-refractivity contribution in [2.24, 2.45) is 11.7 Å². The fourth-order valence-corrected chi connectivity index (χ4v) is 2.90. The summed E-state index contributed by atoms with van der Waals surface area (Å²) in [6.07, 6.45) is 5.34. The maximum atomic E-state index is 11.8. The summed E-state index contributed by atoms with van der Waals surface area (Å²) >= 11 is 0. The molecule has 0 atom stereocenters. The Hall–Kier alpha value is -2.11. The van der Waals surface area contributed by atoms with Gasteiger partial charge in [0.2, 0.25) is 0 Å². The monoisotopic (exact) mass is 291 g/mol. The van der Waals surface area contributed by atoms with Gasteiger partial charge in [-0.1, -0.05) is 13.3 Å². The Balaban J connectivity index is 2.26. The molecule has 114 valence electrons. The van der Waals surface area contributed by atoms with Crippen LogP contribution < -0.4 is 11.1 Å². The van der Waals surface area contributed by atoms with Crippen molar-refractivity contribution in [3.8, 4) is 0 Å². The number of carbonyl (C=O) groups is 2. The zero-order valence-electron chi connectivity index (χ0n) is 12.1. The number of carbonyl (C=O) groups excluding carboxylic acids is 1. The van der Waals surface area contributed by atoms with Gasteiger partial charge in [-0.15, -0.1) is 0 Å². The number of nitrogens with zero attached hydrogens (tertiary/aromatic N) is 1. The Bertz CT molecular complexity index is 537. The minimum Gasteiger partial charge on any atom is -0.480 e. The quantitative estimate of drug-likeness (QED) is 0.769. The van der Waals surface area contributed by atoms with Crippen LogP contribution in [-0.2, 0) is 4.79 Å². The molecule has 1 aliphatic rings. The van der Waals surface area contributed by atoms with E-state index in [2.05, 4.69) is 17.2 Å². The number of nitrogens with two attached hydrogens (primary N) is 1. The lowest BCUT2D eigenvalue weighted by Gasteiger charge is -2.37. The molecule has 0 radical (unpaired) electrons. The van der Waals surface area contributed by atoms with Crippen molar-refractivity contribution in [3.05, 3.63) is 23.9 Å². The van der Waals surface area contributed by atoms with E-state index in [0.717, 1.165) is 19.3 Å². The van der Waals surface area contributed by atoms with Crippen molar-refractivity contribution < 1.29 is 14.7 Å². The van der Waals surface area contributed by atoms with E-state index in [-0.39, 0.29) is 11.4 Å². The van der Waals surface area contributed by atoms with Gasteiger partial charge in [0.05, 0.1) is 5.56 Å². The number of carboxylic acid groups (broad SMARTS) is 1. The summed E-state index contributed by atoms with van der Waals surface area (Å²) in [7, 11) is 0. The van der Waals surface area contributed by atoms with E-state index in [1.807, 2.05) is 0 Å². The van der Waals surface area contributed by atoms with Crippen molar-refractivity contribution in [3.63, 3.8) is 0 Å². The third kappa shape index (κ3) is 3.15. The van der Waals surface area contributed by atoms with Gasteiger partial charge in [-0.2, -0.15) is 0 Å². The molecule has 1 heterocycles. The van der Waals surface area contributed by atoms with Crippen LogP contribution in [0.1, 0.15) is 49.4 Å². The van der Waals surface area contributed by atoms with Gasteiger partial charge in [-0.05, 0) is 43.7 Å². The largest absolute Gasteiger partial charge is 0.480 e. The highest BCUT2D eigenvalue weighted by molar-refractivity contribution is 5.98. The molecule has 0 aliphatic heterocycles. The molecule has 21 heavy (non-hydrogen) atoms. The third-order valence-electron chi connectivity index (χ3n) is 4.38. The molecule has 6 nitrogen and oxygen atoms in total. The Labute approximate surface area is 123 Å². The molecule has 0 bridgehead atoms. The highest BCUT2D eigenvalue weighted by atomic mass is 16.4. The van der Waals surface area contributed by atoms with Gasteiger partial charge >= 0.3 is 5.97 Å². The summed E-state index contributed by atoms with van der Waals surface area (Å²) < 4.78 is 0. The van der Waals surface area contributed by atoms with Crippen molar-refractivity contribution in [1.29, 1.82) is 0 Å². The SMILES string of the molecule is CCC1CCC(Nc2ncccc2C(N)=O)(C(=O)O)CC1. The highest BCUT2D eigenvalue weighted by Crippen LogP contribution is 2.36. The lowest BCUT2D eigenvalue weighted by molar-refractivity contribution is -0.143. The number of amides is 1. The first kappa shape index (κ1) is 15.3. The second kappa shape index (κ2) is 6.11. The van der Waals surface area contributed by atoms with Crippen LogP contribution in [0.4, 0.5) is 5.82 Å². The van der Waals surface area contributed by atoms with E-state index in [1.165, 1.54) is 6.20 Å². The zero-order chi connectivity index (χ0) is 15.5. The Morgan fingerprint density at radius 3 is 2.67 bits per heavy atom. The number of rotatable bonds is 5. The number of primary amides is 1. The summed E-state index contributed by atoms with van der Waals surface area (Å²) in [5, 5.41) is 12.6. The summed E-state index contributed by atoms with van der Waals surface area (Å²) in [5.41, 5.74) is 4.47. The molecule has 4 N–H and O–H groups in total. The number of aliphatic carboxylic acids is 1. The van der Waals surface area contributed by atoms with E-state index in [9.17, 15) is 14.7 Å². The number of hydrogen-bond acceptors (Lipinski definition) is 4. The van der Waals surface area contributed by atoms with Crippen molar-refractivity contribution in [1.82, 2.24) is 4.98 Å². The number of pyridine rings is 1. The van der Waals surface area contributed by atoms with Crippen LogP contribution in [-0.4, -0.2) is 27.5 Å². The normalized spacial score (nSPS) is 25.3. The van der Waals surface area contributed by atoms with Gasteiger partial charge in [0.1, 0.15) is 11.4 Å². The molecule has 0 saturated heterocycles. The molecule has 1 saturated carbocycles. The van der Waals surface area contributed by atoms with Crippen LogP contribution in [0.15, 0.2) is 18.3 Å². The maximum absolute atomic E-state index is 11.8. The summed E-state index contributed by atoms with van der Waals surface area (Å²) in [5.74, 6) is -0.701. The van der Waals surface area contributed by atoms with Gasteiger partial charge in [-0.25, -0.2) is 9.78 Å². The Morgan fingerprint density at radius 1 is 1.48 bits per heavy atom. The Morgan fingerprint density at radius 2 is 2.14 bits per heavy atom. The summed E-state index contributed by atoms with van der Waals surface area (Å²) in [6.45, 7) is 2.12. The second-order valence-electron chi connectivity index (χ2n) is 5.63. The average molecular weight is 291 g/mol. The maximum Gasteiger partial charge on any atom is 0.329 e. The van der Waals surface area contributed by atoms with Gasteiger partial charge in [-0.3, -0.25) is 4.79 Å². The first-order valence-electron chi connectivity index (χ1n) is 7.25. The molecule has 6 heteroatoms. The predicted octanol–water partition coefficient (Wildman–Crippen LogP) is 2.02. The van der Waals surface area contributed by atoms with E-state index < -0.39 is 17.4 Å². The first-order chi connectivity index (χ1) is 9.98. The number of aromatic nitrogens is 1. The fraction of sp³-hybridized carbons (Fsp3) is 0.533. The van der Waals surface area contributed by atoms with Gasteiger partial charge in [0.15, 0.2) is 0 Å². The molecule has 1 aromatic heterocycles. The van der Waals surface area contributed by atoms with Crippen LogP contribution in [0.25, 0.3) is 0 Å². The van der Waals surface area contributed by atoms with E-state index in [4.69, 9.17) is 5.73 Å². The van der Waals surface area contributed by atoms with E-state index >= 15 is 0 Å². The van der Waals surface area contributed by atoms with E-state index in [1.54, 1.807) is 12.1 Å². The van der Waals surface area contributed by atoms with Crippen LogP contribution in [0, 0.1) is 5.92 Å². The van der Waals surface area contributed by atoms with Gasteiger partial charge < -0.3 is 16.2 Å². The minimum absolute atomic E-state index is 0.218. The molecule has 1 amide bonds. The Kier molecular flexibility index (Phi) is 4.45. The topological polar surface area (TPSA) is 105 Å². The highest BCUT2D eigenvalue weighted by Gasteiger charge is 2.42. The van der Waals surface area contributed by atoms with E-state index in [0.29, 0.717) is 18.8 Å². The molecule has 1 aliphatic carbocycles. The zero-order valence-corrected chi connectivity index (χ0v) is 12.1. The van der Waals surface area contributed by atoms with Crippen LogP contribution in [0.2, 0.25) is 0 Å². The second-order valence-corrected chi connectivity index (χ2v) is 5.63. The molecule has 1 fully saturated rings. The summed E-state index contributed by atoms with van der Waals surface area (Å²) in [4.78, 5) is 27.3. The van der Waals surface area contributed by atoms with Crippen LogP contribution in [0.3, 0.4) is 0 Å². The average Bonchev–Trinajstić information content (AvgIpc) is 2.48. The molecule has 2 rings (SSSR count). The molecule has 0 unspecified atom stereocenters. The first-order valence-corrected chi connectivity index (χ1v) is 7.25. The van der Waals surface area contributed by atoms with Crippen molar-refractivity contribution >= 4 is 17.7 Å². The number of nitrogens with one attached hydrogen (secondary N) is 1. The van der Waals surface area contributed by atoms with Crippen molar-refractivity contribution in [2.45, 2.75) is 44.6 Å². The molecular formula is C15H21N3O3. The standard InChI is InChI=1S/C15H21N3O3/c1-2-10-5-7-15(8-6-10,14(20)21)18-13-11(12(16)19)4-3-9-17-13/h3-4,9-10H,2,5-8H2,1H3,(H2,16,19)(H,17,18)(H,20,21). The van der Waals surface area contributed by atoms with Crippen LogP contribution in [0.5, 0.6) is 0 Å². The third-order valence-corrected chi connectivity index (χ3v) is 4.38. The number of anilines is 1.